The van der Waals surface area contributed by atoms with Crippen LogP contribution < -0.4 is 15.4 Å². The Morgan fingerprint density at radius 3 is 2.68 bits per heavy atom. The summed E-state index contributed by atoms with van der Waals surface area (Å²) in [5.41, 5.74) is 2.13. The van der Waals surface area contributed by atoms with Gasteiger partial charge in [0.2, 0.25) is 5.95 Å². The number of ether oxygens (including phenoxy) is 1. The summed E-state index contributed by atoms with van der Waals surface area (Å²) in [4.78, 5) is 8.87. The average Bonchev–Trinajstić information content (AvgIpc) is 2.46. The molecule has 1 aromatic heterocycles. The third-order valence-electron chi connectivity index (χ3n) is 3.16. The zero-order valence-electron chi connectivity index (χ0n) is 13.7. The van der Waals surface area contributed by atoms with Gasteiger partial charge in [-0.2, -0.15) is 4.98 Å². The number of rotatable bonds is 7. The predicted octanol–water partition coefficient (Wildman–Crippen LogP) is 3.27. The lowest BCUT2D eigenvalue weighted by atomic mass is 10.1. The monoisotopic (exact) mass is 300 g/mol. The minimum atomic E-state index is 0.309. The maximum atomic E-state index is 5.37. The van der Waals surface area contributed by atoms with E-state index in [1.807, 2.05) is 31.2 Å². The van der Waals surface area contributed by atoms with Gasteiger partial charge in [-0.3, -0.25) is 0 Å². The van der Waals surface area contributed by atoms with Crippen molar-refractivity contribution in [3.05, 3.63) is 41.6 Å². The molecule has 22 heavy (non-hydrogen) atoms. The minimum Gasteiger partial charge on any atom is -0.496 e. The maximum Gasteiger partial charge on any atom is 0.225 e. The second-order valence-electron chi connectivity index (χ2n) is 5.51. The zero-order chi connectivity index (χ0) is 15.9. The molecule has 1 aromatic carbocycles. The molecular weight excluding hydrogens is 276 g/mol. The number of nitrogens with zero attached hydrogens (tertiary/aromatic N) is 2. The summed E-state index contributed by atoms with van der Waals surface area (Å²) in [5.74, 6) is 2.42. The Hall–Kier alpha value is -2.30. The Morgan fingerprint density at radius 2 is 1.95 bits per heavy atom. The van der Waals surface area contributed by atoms with E-state index in [9.17, 15) is 0 Å². The van der Waals surface area contributed by atoms with Gasteiger partial charge >= 0.3 is 0 Å². The normalized spacial score (nSPS) is 10.6. The van der Waals surface area contributed by atoms with E-state index in [0.29, 0.717) is 12.0 Å². The number of anilines is 2. The Morgan fingerprint density at radius 1 is 1.18 bits per heavy atom. The predicted molar refractivity (Wildman–Crippen MR) is 90.7 cm³/mol. The molecule has 0 radical (unpaired) electrons. The van der Waals surface area contributed by atoms with E-state index < -0.39 is 0 Å². The molecule has 0 unspecified atom stereocenters. The molecule has 118 valence electrons. The van der Waals surface area contributed by atoms with Crippen molar-refractivity contribution in [2.75, 3.05) is 24.3 Å². The largest absolute Gasteiger partial charge is 0.496 e. The third-order valence-corrected chi connectivity index (χ3v) is 3.16. The summed E-state index contributed by atoms with van der Waals surface area (Å²) >= 11 is 0. The molecule has 0 fully saturated rings. The fraction of sp³-hybridized carbons (Fsp3) is 0.412. The highest BCUT2D eigenvalue weighted by Gasteiger charge is 2.05. The topological polar surface area (TPSA) is 59.1 Å². The lowest BCUT2D eigenvalue weighted by Gasteiger charge is -2.12. The van der Waals surface area contributed by atoms with Gasteiger partial charge in [-0.05, 0) is 38.8 Å². The van der Waals surface area contributed by atoms with Crippen LogP contribution in [0.15, 0.2) is 30.3 Å². The first kappa shape index (κ1) is 16.1. The second-order valence-corrected chi connectivity index (χ2v) is 5.51. The Labute approximate surface area is 132 Å². The van der Waals surface area contributed by atoms with Crippen molar-refractivity contribution in [3.8, 4) is 5.75 Å². The van der Waals surface area contributed by atoms with Crippen molar-refractivity contribution in [2.24, 2.45) is 0 Å². The van der Waals surface area contributed by atoms with Gasteiger partial charge in [0.1, 0.15) is 11.6 Å². The van der Waals surface area contributed by atoms with Gasteiger partial charge in [-0.15, -0.1) is 0 Å². The number of hydrogen-bond donors (Lipinski definition) is 2. The van der Waals surface area contributed by atoms with Gasteiger partial charge in [0.15, 0.2) is 0 Å². The number of benzene rings is 1. The van der Waals surface area contributed by atoms with E-state index in [1.54, 1.807) is 7.11 Å². The van der Waals surface area contributed by atoms with Gasteiger partial charge in [0.05, 0.1) is 7.11 Å². The summed E-state index contributed by atoms with van der Waals surface area (Å²) in [6, 6.07) is 10.3. The molecular formula is C17H24N4O. The molecule has 0 saturated heterocycles. The molecule has 1 heterocycles. The molecule has 2 N–H and O–H groups in total. The van der Waals surface area contributed by atoms with Crippen LogP contribution in [0.5, 0.6) is 5.75 Å². The summed E-state index contributed by atoms with van der Waals surface area (Å²) < 4.78 is 5.37. The minimum absolute atomic E-state index is 0.309. The molecule has 0 bridgehead atoms. The Bertz CT molecular complexity index is 613. The van der Waals surface area contributed by atoms with E-state index in [4.69, 9.17) is 4.74 Å². The van der Waals surface area contributed by atoms with Crippen molar-refractivity contribution < 1.29 is 4.74 Å². The highest BCUT2D eigenvalue weighted by atomic mass is 16.5. The van der Waals surface area contributed by atoms with Gasteiger partial charge in [0.25, 0.3) is 0 Å². The van der Waals surface area contributed by atoms with Gasteiger partial charge in [-0.25, -0.2) is 4.98 Å². The number of methoxy groups -OCH3 is 1. The molecule has 0 aliphatic heterocycles. The molecule has 2 aromatic rings. The van der Waals surface area contributed by atoms with Crippen molar-refractivity contribution in [1.29, 1.82) is 0 Å². The van der Waals surface area contributed by atoms with Crippen LogP contribution in [-0.2, 0) is 6.42 Å². The van der Waals surface area contributed by atoms with E-state index >= 15 is 0 Å². The second kappa shape index (κ2) is 7.64. The fourth-order valence-corrected chi connectivity index (χ4v) is 2.22. The lowest BCUT2D eigenvalue weighted by molar-refractivity contribution is 0.410. The van der Waals surface area contributed by atoms with Crippen LogP contribution in [0.4, 0.5) is 11.8 Å². The van der Waals surface area contributed by atoms with Crippen molar-refractivity contribution in [1.82, 2.24) is 9.97 Å². The Balaban J connectivity index is 1.98. The maximum absolute atomic E-state index is 5.37. The molecule has 0 aliphatic rings. The van der Waals surface area contributed by atoms with Gasteiger partial charge < -0.3 is 15.4 Å². The first-order chi connectivity index (χ1) is 10.6. The van der Waals surface area contributed by atoms with Crippen LogP contribution in [0.1, 0.15) is 25.1 Å². The van der Waals surface area contributed by atoms with Crippen molar-refractivity contribution >= 4 is 11.8 Å². The number of aromatic nitrogens is 2. The number of aryl methyl sites for hydroxylation is 1. The van der Waals surface area contributed by atoms with Crippen LogP contribution >= 0.6 is 0 Å². The van der Waals surface area contributed by atoms with Crippen molar-refractivity contribution in [3.63, 3.8) is 0 Å². The molecule has 5 nitrogen and oxygen atoms in total. The zero-order valence-corrected chi connectivity index (χ0v) is 13.7. The van der Waals surface area contributed by atoms with E-state index in [2.05, 4.69) is 40.5 Å². The summed E-state index contributed by atoms with van der Waals surface area (Å²) in [6.07, 6.45) is 0.875. The molecule has 0 spiro atoms. The smallest absolute Gasteiger partial charge is 0.225 e. The first-order valence-corrected chi connectivity index (χ1v) is 7.56. The molecule has 0 atom stereocenters. The Kier molecular flexibility index (Phi) is 5.58. The van der Waals surface area contributed by atoms with Crippen LogP contribution in [0.2, 0.25) is 0 Å². The van der Waals surface area contributed by atoms with Gasteiger partial charge in [-0.1, -0.05) is 18.2 Å². The number of nitrogens with one attached hydrogen (secondary N) is 2. The first-order valence-electron chi connectivity index (χ1n) is 7.56. The van der Waals surface area contributed by atoms with E-state index in [-0.39, 0.29) is 0 Å². The summed E-state index contributed by atoms with van der Waals surface area (Å²) in [7, 11) is 1.70. The summed E-state index contributed by atoms with van der Waals surface area (Å²) in [5, 5.41) is 6.58. The standard InChI is InChI=1S/C17H24N4O/c1-12(2)19-17-20-13(3)11-16(21-17)18-10-9-14-7-5-6-8-15(14)22-4/h5-8,11-12H,9-10H2,1-4H3,(H2,18,19,20,21). The molecule has 0 saturated carbocycles. The molecule has 0 amide bonds. The van der Waals surface area contributed by atoms with Crippen molar-refractivity contribution in [2.45, 2.75) is 33.2 Å². The highest BCUT2D eigenvalue weighted by Crippen LogP contribution is 2.18. The van der Waals surface area contributed by atoms with E-state index in [1.165, 1.54) is 5.56 Å². The quantitative estimate of drug-likeness (QED) is 0.822. The fourth-order valence-electron chi connectivity index (χ4n) is 2.22. The van der Waals surface area contributed by atoms with Gasteiger partial charge in [0, 0.05) is 24.3 Å². The van der Waals surface area contributed by atoms with Crippen LogP contribution in [-0.4, -0.2) is 29.7 Å². The van der Waals surface area contributed by atoms with E-state index in [0.717, 1.165) is 30.2 Å². The number of para-hydroxylation sites is 1. The average molecular weight is 300 g/mol. The SMILES string of the molecule is COc1ccccc1CCNc1cc(C)nc(NC(C)C)n1. The van der Waals surface area contributed by atoms with Crippen LogP contribution in [0, 0.1) is 6.92 Å². The number of hydrogen-bond acceptors (Lipinski definition) is 5. The third kappa shape index (κ3) is 4.62. The summed E-state index contributed by atoms with van der Waals surface area (Å²) in [6.45, 7) is 6.90. The highest BCUT2D eigenvalue weighted by molar-refractivity contribution is 5.43. The molecule has 0 aliphatic carbocycles. The molecule has 2 rings (SSSR count). The van der Waals surface area contributed by atoms with Crippen LogP contribution in [0.3, 0.4) is 0 Å². The lowest BCUT2D eigenvalue weighted by Crippen LogP contribution is -2.14. The van der Waals surface area contributed by atoms with Crippen LogP contribution in [0.25, 0.3) is 0 Å². The molecule has 5 heteroatoms.